The predicted molar refractivity (Wildman–Crippen MR) is 174 cm³/mol. The highest BCUT2D eigenvalue weighted by Gasteiger charge is 2.34. The minimum absolute atomic E-state index is 0.204. The summed E-state index contributed by atoms with van der Waals surface area (Å²) in [5.74, 6) is -0.00256. The lowest BCUT2D eigenvalue weighted by Gasteiger charge is -2.34. The molecule has 0 fully saturated rings. The van der Waals surface area contributed by atoms with Crippen LogP contribution in [0.3, 0.4) is 0 Å². The minimum atomic E-state index is -1.26. The molecule has 4 N–H and O–H groups in total. The van der Waals surface area contributed by atoms with Gasteiger partial charge in [-0.3, -0.25) is 15.0 Å². The van der Waals surface area contributed by atoms with E-state index < -0.39 is 19.3 Å². The smallest absolute Gasteiger partial charge is 0.326 e. The molecule has 0 spiro atoms. The normalized spacial score (nSPS) is 13.3. The van der Waals surface area contributed by atoms with E-state index in [2.05, 4.69) is 39.0 Å². The number of aldehydes is 1. The molecule has 0 radical (unpaired) electrons. The van der Waals surface area contributed by atoms with Gasteiger partial charge < -0.3 is 29.3 Å². The number of imidazole rings is 1. The lowest BCUT2D eigenvalue weighted by atomic mass is 10.1. The Bertz CT molecular complexity index is 1060. The third kappa shape index (κ3) is 15.4. The summed E-state index contributed by atoms with van der Waals surface area (Å²) in [5.41, 5.74) is 5.31. The highest BCUT2D eigenvalue weighted by Crippen LogP contribution is 2.33. The van der Waals surface area contributed by atoms with Gasteiger partial charge in [-0.1, -0.05) is 52.4 Å². The number of carbonyl (C=O) groups is 2. The molecule has 2 heterocycles. The van der Waals surface area contributed by atoms with Crippen molar-refractivity contribution in [1.82, 2.24) is 29.7 Å². The number of nitrogens with zero attached hydrogens (tertiary/aromatic N) is 4. The summed E-state index contributed by atoms with van der Waals surface area (Å²) in [7, 11) is 0.496. The Morgan fingerprint density at radius 1 is 1.02 bits per heavy atom. The van der Waals surface area contributed by atoms with Crippen molar-refractivity contribution in [2.24, 2.45) is 0 Å². The van der Waals surface area contributed by atoms with Gasteiger partial charge >= 0.3 is 5.97 Å². The number of carbonyl (C=O) groups excluding carboxylic acids is 2. The Balaban J connectivity index is 0.00000101. The van der Waals surface area contributed by atoms with Crippen LogP contribution >= 0.6 is 8.22 Å². The first kappa shape index (κ1) is 38.8. The number of hydrogen-bond acceptors (Lipinski definition) is 11. The number of anilines is 1. The second kappa shape index (κ2) is 20.7. The fourth-order valence-electron chi connectivity index (χ4n) is 3.96. The van der Waals surface area contributed by atoms with Gasteiger partial charge in [0.1, 0.15) is 23.7 Å². The van der Waals surface area contributed by atoms with Crippen molar-refractivity contribution in [2.45, 2.75) is 124 Å². The van der Waals surface area contributed by atoms with E-state index in [0.717, 1.165) is 38.6 Å². The molecule has 43 heavy (non-hydrogen) atoms. The molecule has 2 rings (SSSR count). The summed E-state index contributed by atoms with van der Waals surface area (Å²) in [5, 5.41) is 6.61. The van der Waals surface area contributed by atoms with Crippen LogP contribution in [0.1, 0.15) is 99.8 Å². The number of methoxy groups -OCH3 is 1. The Morgan fingerprint density at radius 2 is 1.67 bits per heavy atom. The first-order valence-corrected chi connectivity index (χ1v) is 16.9. The molecule has 0 saturated carbocycles. The second-order valence-electron chi connectivity index (χ2n) is 11.8. The van der Waals surface area contributed by atoms with E-state index >= 15 is 0 Å². The molecule has 12 nitrogen and oxygen atoms in total. The molecular weight excluding hydrogens is 569 g/mol. The van der Waals surface area contributed by atoms with Crippen molar-refractivity contribution in [3.05, 3.63) is 12.7 Å². The Hall–Kier alpha value is -2.24. The topological polar surface area (TPSA) is 156 Å². The number of esters is 1. The van der Waals surface area contributed by atoms with Crippen LogP contribution in [-0.2, 0) is 30.3 Å². The van der Waals surface area contributed by atoms with Gasteiger partial charge in [-0.05, 0) is 47.5 Å². The molecule has 2 unspecified atom stereocenters. The number of nitrogens with two attached hydrogens (primary N) is 1. The summed E-state index contributed by atoms with van der Waals surface area (Å²) < 4.78 is 18.4. The average molecular weight is 626 g/mol. The van der Waals surface area contributed by atoms with Gasteiger partial charge in [-0.15, -0.1) is 0 Å². The first-order chi connectivity index (χ1) is 20.4. The molecule has 0 amide bonds. The molecule has 2 aromatic rings. The summed E-state index contributed by atoms with van der Waals surface area (Å²) in [4.78, 5) is 36.8. The molecule has 0 saturated heterocycles. The SMILES string of the molecule is CCCCCCOC.CCCCCCOC(=O)C(C)(C)NP(COC(C)Cn1cnc2c(N)ncnc21)NC(C)(C)C=O. The zero-order valence-electron chi connectivity index (χ0n) is 27.6. The zero-order valence-corrected chi connectivity index (χ0v) is 28.5. The lowest BCUT2D eigenvalue weighted by Crippen LogP contribution is -2.50. The third-order valence-electron chi connectivity index (χ3n) is 6.45. The molecule has 0 bridgehead atoms. The fraction of sp³-hybridized carbons (Fsp3) is 0.767. The largest absolute Gasteiger partial charge is 0.464 e. The third-order valence-corrected chi connectivity index (χ3v) is 8.53. The molecule has 0 aliphatic rings. The van der Waals surface area contributed by atoms with Crippen molar-refractivity contribution in [3.8, 4) is 0 Å². The molecule has 0 aliphatic heterocycles. The van der Waals surface area contributed by atoms with Crippen molar-refractivity contribution < 1.29 is 23.8 Å². The number of hydrogen-bond donors (Lipinski definition) is 3. The molecule has 0 aromatic carbocycles. The van der Waals surface area contributed by atoms with Gasteiger partial charge in [0.2, 0.25) is 0 Å². The van der Waals surface area contributed by atoms with Crippen LogP contribution in [0.2, 0.25) is 0 Å². The molecule has 0 aliphatic carbocycles. The average Bonchev–Trinajstić information content (AvgIpc) is 3.37. The zero-order chi connectivity index (χ0) is 32.3. The Morgan fingerprint density at radius 3 is 2.28 bits per heavy atom. The number of fused-ring (bicyclic) bond motifs is 1. The van der Waals surface area contributed by atoms with Crippen LogP contribution in [0.5, 0.6) is 0 Å². The van der Waals surface area contributed by atoms with Crippen LogP contribution in [0.4, 0.5) is 5.82 Å². The molecule has 13 heteroatoms. The van der Waals surface area contributed by atoms with Crippen LogP contribution in [-0.4, -0.2) is 75.6 Å². The second-order valence-corrected chi connectivity index (χ2v) is 13.4. The maximum absolute atomic E-state index is 12.7. The number of rotatable bonds is 21. The van der Waals surface area contributed by atoms with Gasteiger partial charge in [0.25, 0.3) is 0 Å². The minimum Gasteiger partial charge on any atom is -0.464 e. The number of unbranched alkanes of at least 4 members (excludes halogenated alkanes) is 6. The summed E-state index contributed by atoms with van der Waals surface area (Å²) in [6.45, 7) is 15.2. The number of nitrogens with one attached hydrogen (secondary N) is 2. The summed E-state index contributed by atoms with van der Waals surface area (Å²) >= 11 is 0. The van der Waals surface area contributed by atoms with Crippen molar-refractivity contribution in [1.29, 1.82) is 0 Å². The number of ether oxygens (including phenoxy) is 3. The van der Waals surface area contributed by atoms with E-state index in [4.69, 9.17) is 19.9 Å². The van der Waals surface area contributed by atoms with Crippen LogP contribution < -0.4 is 15.9 Å². The van der Waals surface area contributed by atoms with E-state index in [1.165, 1.54) is 32.0 Å². The van der Waals surface area contributed by atoms with Crippen LogP contribution in [0.15, 0.2) is 12.7 Å². The fourth-order valence-corrected chi connectivity index (χ4v) is 6.06. The first-order valence-electron chi connectivity index (χ1n) is 15.4. The van der Waals surface area contributed by atoms with Gasteiger partial charge in [-0.25, -0.2) is 15.0 Å². The van der Waals surface area contributed by atoms with E-state index in [1.54, 1.807) is 41.1 Å². The van der Waals surface area contributed by atoms with Crippen LogP contribution in [0, 0.1) is 0 Å². The Kier molecular flexibility index (Phi) is 18.6. The van der Waals surface area contributed by atoms with Gasteiger partial charge in [-0.2, -0.15) is 0 Å². The van der Waals surface area contributed by atoms with Gasteiger partial charge in [0, 0.05) is 13.7 Å². The van der Waals surface area contributed by atoms with E-state index in [0.29, 0.717) is 30.1 Å². The molecule has 2 aromatic heterocycles. The van der Waals surface area contributed by atoms with Crippen molar-refractivity contribution in [3.63, 3.8) is 0 Å². The predicted octanol–water partition coefficient (Wildman–Crippen LogP) is 5.35. The number of aromatic nitrogens is 4. The highest BCUT2D eigenvalue weighted by molar-refractivity contribution is 7.53. The quantitative estimate of drug-likeness (QED) is 0.0711. The molecular formula is C30H56N7O5P. The van der Waals surface area contributed by atoms with E-state index in [9.17, 15) is 9.59 Å². The number of nitrogen functional groups attached to an aromatic ring is 1. The molecule has 246 valence electrons. The summed E-state index contributed by atoms with van der Waals surface area (Å²) in [6.07, 6.45) is 13.3. The van der Waals surface area contributed by atoms with E-state index in [-0.39, 0.29) is 18.4 Å². The van der Waals surface area contributed by atoms with E-state index in [1.807, 2.05) is 11.5 Å². The highest BCUT2D eigenvalue weighted by atomic mass is 31.1. The van der Waals surface area contributed by atoms with Gasteiger partial charge in [0.05, 0.1) is 45.7 Å². The van der Waals surface area contributed by atoms with Crippen molar-refractivity contribution >= 4 is 37.5 Å². The maximum atomic E-state index is 12.7. The van der Waals surface area contributed by atoms with Gasteiger partial charge in [0.15, 0.2) is 11.5 Å². The standard InChI is InChI=1S/C23H40N7O4P.C7H16O/c1-7-8-9-10-11-33-21(32)23(5,6)29-35(28-22(3,4)13-31)16-34-17(2)12-30-15-27-18-19(24)25-14-26-20(18)30;1-3-4-5-6-7-8-2/h13-15,17,28-29H,7-12,16H2,1-6H3,(H2,24,25,26);3-7H2,1-2H3. The monoisotopic (exact) mass is 625 g/mol. The summed E-state index contributed by atoms with van der Waals surface area (Å²) in [6, 6.07) is 0. The van der Waals surface area contributed by atoms with Crippen LogP contribution in [0.25, 0.3) is 11.2 Å². The van der Waals surface area contributed by atoms with Crippen molar-refractivity contribution in [2.75, 3.05) is 32.4 Å². The molecule has 2 atom stereocenters. The Labute approximate surface area is 259 Å². The lowest BCUT2D eigenvalue weighted by molar-refractivity contribution is -0.149. The maximum Gasteiger partial charge on any atom is 0.326 e.